The summed E-state index contributed by atoms with van der Waals surface area (Å²) in [5.74, 6) is -1.71. The molecule has 5 nitrogen and oxygen atoms in total. The maximum absolute atomic E-state index is 14.0. The fourth-order valence-corrected chi connectivity index (χ4v) is 6.30. The number of hydrogen-bond donors (Lipinski definition) is 3. The Morgan fingerprint density at radius 2 is 1.67 bits per heavy atom. The van der Waals surface area contributed by atoms with Gasteiger partial charge < -0.3 is 15.7 Å². The van der Waals surface area contributed by atoms with Crippen molar-refractivity contribution in [2.75, 3.05) is 13.6 Å². The molecule has 0 radical (unpaired) electrons. The van der Waals surface area contributed by atoms with Crippen LogP contribution in [0.25, 0.3) is 0 Å². The number of halogens is 5. The summed E-state index contributed by atoms with van der Waals surface area (Å²) in [6.45, 7) is 3.46. The van der Waals surface area contributed by atoms with Gasteiger partial charge in [0.15, 0.2) is 0 Å². The summed E-state index contributed by atoms with van der Waals surface area (Å²) in [6.07, 6.45) is 5.31. The first-order valence-electron chi connectivity index (χ1n) is 14.4. The van der Waals surface area contributed by atoms with Crippen molar-refractivity contribution < 1.29 is 18.7 Å². The van der Waals surface area contributed by atoms with Gasteiger partial charge in [-0.25, -0.2) is 8.78 Å². The van der Waals surface area contributed by atoms with Gasteiger partial charge in [-0.15, -0.1) is 24.8 Å². The Morgan fingerprint density at radius 3 is 2.35 bits per heavy atom. The van der Waals surface area contributed by atoms with Crippen LogP contribution in [0.2, 0.25) is 0 Å². The molecular formula is C33H42Cl2F2IN3O2. The number of nitrogens with zero attached hydrogens (tertiary/aromatic N) is 1. The molecule has 236 valence electrons. The van der Waals surface area contributed by atoms with E-state index in [1.54, 1.807) is 0 Å². The van der Waals surface area contributed by atoms with Crippen molar-refractivity contribution in [1.82, 2.24) is 15.5 Å². The molecule has 0 unspecified atom stereocenters. The van der Waals surface area contributed by atoms with E-state index in [0.29, 0.717) is 23.7 Å². The molecule has 0 spiro atoms. The summed E-state index contributed by atoms with van der Waals surface area (Å²) < 4.78 is 29.0. The summed E-state index contributed by atoms with van der Waals surface area (Å²) in [6, 6.07) is 16.9. The molecule has 10 heteroatoms. The van der Waals surface area contributed by atoms with Gasteiger partial charge in [0.25, 0.3) is 5.91 Å². The van der Waals surface area contributed by atoms with Gasteiger partial charge in [0.05, 0.1) is 12.1 Å². The summed E-state index contributed by atoms with van der Waals surface area (Å²) in [5, 5.41) is 17.3. The maximum atomic E-state index is 14.0. The molecule has 0 bridgehead atoms. The van der Waals surface area contributed by atoms with Crippen LogP contribution in [0.4, 0.5) is 8.78 Å². The average Bonchev–Trinajstić information content (AvgIpc) is 2.92. The molecule has 0 heterocycles. The molecule has 0 aliphatic heterocycles. The minimum absolute atomic E-state index is 0. The molecule has 1 fully saturated rings. The molecule has 2 atom stereocenters. The van der Waals surface area contributed by atoms with Crippen molar-refractivity contribution in [2.45, 2.75) is 76.7 Å². The average molecular weight is 749 g/mol. The smallest absolute Gasteiger partial charge is 0.251 e. The van der Waals surface area contributed by atoms with E-state index in [2.05, 4.69) is 57.3 Å². The van der Waals surface area contributed by atoms with Crippen LogP contribution in [0.15, 0.2) is 60.7 Å². The van der Waals surface area contributed by atoms with E-state index < -0.39 is 23.8 Å². The van der Waals surface area contributed by atoms with E-state index in [0.717, 1.165) is 32.9 Å². The molecule has 1 amide bonds. The van der Waals surface area contributed by atoms with Crippen LogP contribution in [-0.4, -0.2) is 47.7 Å². The molecule has 43 heavy (non-hydrogen) atoms. The van der Waals surface area contributed by atoms with E-state index >= 15 is 0 Å². The summed E-state index contributed by atoms with van der Waals surface area (Å²) in [7, 11) is 2.14. The molecular weight excluding hydrogens is 706 g/mol. The number of amides is 1. The third-order valence-corrected chi connectivity index (χ3v) is 8.43. The van der Waals surface area contributed by atoms with Gasteiger partial charge in [0, 0.05) is 40.9 Å². The van der Waals surface area contributed by atoms with Gasteiger partial charge in [-0.2, -0.15) is 0 Å². The molecule has 3 N–H and O–H groups in total. The highest BCUT2D eigenvalue weighted by Crippen LogP contribution is 2.23. The highest BCUT2D eigenvalue weighted by molar-refractivity contribution is 14.1. The lowest BCUT2D eigenvalue weighted by molar-refractivity contribution is 0.0829. The van der Waals surface area contributed by atoms with Crippen LogP contribution in [0.1, 0.15) is 64.7 Å². The monoisotopic (exact) mass is 747 g/mol. The number of nitrogens with one attached hydrogen (secondary N) is 2. The number of rotatable bonds is 12. The Bertz CT molecular complexity index is 1310. The van der Waals surface area contributed by atoms with E-state index in [9.17, 15) is 18.7 Å². The van der Waals surface area contributed by atoms with Crippen molar-refractivity contribution in [3.8, 4) is 0 Å². The minimum atomic E-state index is -0.991. The Hall–Kier alpha value is -1.82. The normalized spacial score (nSPS) is 14.9. The zero-order chi connectivity index (χ0) is 29.4. The second kappa shape index (κ2) is 18.2. The fraction of sp³-hybridized carbons (Fsp3) is 0.424. The predicted molar refractivity (Wildman–Crippen MR) is 182 cm³/mol. The van der Waals surface area contributed by atoms with Crippen molar-refractivity contribution in [1.29, 1.82) is 0 Å². The number of aliphatic hydroxyl groups is 1. The van der Waals surface area contributed by atoms with Crippen LogP contribution in [0.3, 0.4) is 0 Å². The maximum Gasteiger partial charge on any atom is 0.251 e. The zero-order valence-corrected chi connectivity index (χ0v) is 28.4. The number of carbonyl (C=O) groups excluding carboxylic acids is 1. The lowest BCUT2D eigenvalue weighted by Crippen LogP contribution is -2.48. The third kappa shape index (κ3) is 11.9. The van der Waals surface area contributed by atoms with E-state index in [4.69, 9.17) is 0 Å². The fourth-order valence-electron chi connectivity index (χ4n) is 5.70. The second-order valence-corrected chi connectivity index (χ2v) is 12.5. The van der Waals surface area contributed by atoms with Crippen molar-refractivity contribution >= 4 is 53.3 Å². The van der Waals surface area contributed by atoms with Gasteiger partial charge in [-0.05, 0) is 109 Å². The van der Waals surface area contributed by atoms with Crippen molar-refractivity contribution in [3.05, 3.63) is 104 Å². The van der Waals surface area contributed by atoms with Gasteiger partial charge in [-0.3, -0.25) is 9.69 Å². The largest absolute Gasteiger partial charge is 0.390 e. The summed E-state index contributed by atoms with van der Waals surface area (Å²) in [4.78, 5) is 15.9. The lowest BCUT2D eigenvalue weighted by atomic mass is 9.94. The van der Waals surface area contributed by atoms with Gasteiger partial charge in [-0.1, -0.05) is 43.0 Å². The second-order valence-electron chi connectivity index (χ2n) is 11.3. The Kier molecular flexibility index (Phi) is 15.8. The number of aliphatic hydroxyl groups excluding tert-OH is 1. The molecule has 0 saturated heterocycles. The quantitative estimate of drug-likeness (QED) is 0.175. The molecule has 0 aromatic heterocycles. The Balaban J connectivity index is 0.00000323. The highest BCUT2D eigenvalue weighted by atomic mass is 127. The Morgan fingerprint density at radius 1 is 0.977 bits per heavy atom. The zero-order valence-electron chi connectivity index (χ0n) is 24.6. The lowest BCUT2D eigenvalue weighted by Gasteiger charge is -2.31. The van der Waals surface area contributed by atoms with Crippen molar-refractivity contribution in [2.24, 2.45) is 0 Å². The first-order valence-corrected chi connectivity index (χ1v) is 15.4. The number of benzene rings is 3. The van der Waals surface area contributed by atoms with Crippen LogP contribution < -0.4 is 10.6 Å². The first kappa shape index (κ1) is 37.4. The highest BCUT2D eigenvalue weighted by Gasteiger charge is 2.24. The van der Waals surface area contributed by atoms with Gasteiger partial charge >= 0.3 is 0 Å². The predicted octanol–water partition coefficient (Wildman–Crippen LogP) is 6.98. The molecule has 3 aromatic carbocycles. The SMILES string of the molecule is Cc1cc(CN(C)C2CCCCC2)cc(C(=O)N[C@@H](Cc2cc(F)cc(F)c2)[C@@H](O)CNCc2cccc(I)c2)c1.Cl.Cl. The summed E-state index contributed by atoms with van der Waals surface area (Å²) in [5.41, 5.74) is 3.98. The van der Waals surface area contributed by atoms with E-state index in [1.807, 2.05) is 37.3 Å². The molecule has 1 aliphatic rings. The molecule has 1 saturated carbocycles. The van der Waals surface area contributed by atoms with Crippen LogP contribution >= 0.6 is 47.4 Å². The Labute approximate surface area is 280 Å². The number of carbonyl (C=O) groups is 1. The standard InChI is InChI=1S/C33H40F2IN3O2.2ClH/c1-22-11-25(21-39(2)30-9-4-3-5-10-30)13-26(12-22)33(41)38-31(17-24-14-27(34)18-28(35)15-24)32(40)20-37-19-23-7-6-8-29(36)16-23;;/h6-8,11-16,18,30-32,37,40H,3-5,9-10,17,19-21H2,1-2H3,(H,38,41);2*1H/t31-,32-;;/m0../s1. The van der Waals surface area contributed by atoms with Crippen molar-refractivity contribution in [3.63, 3.8) is 0 Å². The number of hydrogen-bond acceptors (Lipinski definition) is 4. The first-order chi connectivity index (χ1) is 19.7. The topological polar surface area (TPSA) is 64.6 Å². The van der Waals surface area contributed by atoms with E-state index in [-0.39, 0.29) is 43.7 Å². The van der Waals surface area contributed by atoms with Crippen LogP contribution in [0.5, 0.6) is 0 Å². The molecule has 1 aliphatic carbocycles. The van der Waals surface area contributed by atoms with Crippen LogP contribution in [-0.2, 0) is 19.5 Å². The summed E-state index contributed by atoms with van der Waals surface area (Å²) >= 11 is 2.25. The van der Waals surface area contributed by atoms with Gasteiger partial charge in [0.2, 0.25) is 0 Å². The van der Waals surface area contributed by atoms with Gasteiger partial charge in [0.1, 0.15) is 11.6 Å². The molecule has 3 aromatic rings. The number of aryl methyl sites for hydroxylation is 1. The molecule has 4 rings (SSSR count). The van der Waals surface area contributed by atoms with E-state index in [1.165, 1.54) is 44.2 Å². The minimum Gasteiger partial charge on any atom is -0.390 e. The van der Waals surface area contributed by atoms with Crippen LogP contribution in [0, 0.1) is 22.1 Å². The third-order valence-electron chi connectivity index (χ3n) is 7.76.